The third kappa shape index (κ3) is 9.04. The van der Waals surface area contributed by atoms with Crippen molar-refractivity contribution in [3.8, 4) is 5.75 Å². The number of hydrogen-bond donors (Lipinski definition) is 2. The van der Waals surface area contributed by atoms with E-state index in [1.54, 1.807) is 12.1 Å². The van der Waals surface area contributed by atoms with E-state index in [1.165, 1.54) is 0 Å². The van der Waals surface area contributed by atoms with Crippen LogP contribution in [0.4, 0.5) is 0 Å². The predicted molar refractivity (Wildman–Crippen MR) is 98.7 cm³/mol. The minimum absolute atomic E-state index is 0. The van der Waals surface area contributed by atoms with Crippen molar-refractivity contribution in [1.29, 1.82) is 0 Å². The minimum atomic E-state index is -0.263. The Kier molecular flexibility index (Phi) is 9.59. The fourth-order valence-electron chi connectivity index (χ4n) is 1.85. The topological polar surface area (TPSA) is 50.4 Å². The number of ether oxygens (including phenoxy) is 1. The van der Waals surface area contributed by atoms with Gasteiger partial charge in [0.05, 0.1) is 0 Å². The van der Waals surface area contributed by atoms with Gasteiger partial charge in [0.15, 0.2) is 6.61 Å². The third-order valence-corrected chi connectivity index (χ3v) is 3.38. The number of carbonyl (C=O) groups excluding carboxylic acids is 1. The average molecular weight is 363 g/mol. The van der Waals surface area contributed by atoms with E-state index < -0.39 is 0 Å². The first kappa shape index (κ1) is 22.0. The van der Waals surface area contributed by atoms with Crippen LogP contribution in [0.5, 0.6) is 5.75 Å². The summed E-state index contributed by atoms with van der Waals surface area (Å²) >= 11 is 6.05. The van der Waals surface area contributed by atoms with Crippen molar-refractivity contribution in [2.75, 3.05) is 6.61 Å². The van der Waals surface area contributed by atoms with Gasteiger partial charge in [0.2, 0.25) is 0 Å². The second-order valence-electron chi connectivity index (χ2n) is 6.53. The molecule has 0 aromatic heterocycles. The highest BCUT2D eigenvalue weighted by Crippen LogP contribution is 2.23. The molecule has 6 heteroatoms. The normalized spacial score (nSPS) is 12.3. The third-order valence-electron chi connectivity index (χ3n) is 3.15. The molecular formula is C17H28Cl2N2O2. The molecule has 0 saturated carbocycles. The number of benzene rings is 1. The van der Waals surface area contributed by atoms with E-state index in [2.05, 4.69) is 24.5 Å². The number of carbonyl (C=O) groups is 1. The minimum Gasteiger partial charge on any atom is -0.483 e. The van der Waals surface area contributed by atoms with E-state index in [-0.39, 0.29) is 30.5 Å². The smallest absolute Gasteiger partial charge is 0.258 e. The maximum absolute atomic E-state index is 11.8. The van der Waals surface area contributed by atoms with Crippen molar-refractivity contribution < 1.29 is 9.53 Å². The van der Waals surface area contributed by atoms with Crippen molar-refractivity contribution in [3.63, 3.8) is 0 Å². The lowest BCUT2D eigenvalue weighted by molar-refractivity contribution is -0.124. The van der Waals surface area contributed by atoms with Gasteiger partial charge in [0.1, 0.15) is 5.75 Å². The van der Waals surface area contributed by atoms with Crippen LogP contribution in [0.25, 0.3) is 0 Å². The summed E-state index contributed by atoms with van der Waals surface area (Å²) in [6.07, 6.45) is 1.05. The molecular weight excluding hydrogens is 335 g/mol. The summed E-state index contributed by atoms with van der Waals surface area (Å²) in [5.74, 6) is 0.549. The molecule has 1 aromatic carbocycles. The Morgan fingerprint density at radius 2 is 2.00 bits per heavy atom. The summed E-state index contributed by atoms with van der Waals surface area (Å²) in [4.78, 5) is 11.8. The fourth-order valence-corrected chi connectivity index (χ4v) is 2.05. The molecule has 1 atom stereocenters. The van der Waals surface area contributed by atoms with E-state index in [0.717, 1.165) is 12.0 Å². The van der Waals surface area contributed by atoms with Gasteiger partial charge in [0, 0.05) is 28.7 Å². The Labute approximate surface area is 150 Å². The molecule has 1 rings (SSSR count). The van der Waals surface area contributed by atoms with Crippen molar-refractivity contribution in [2.24, 2.45) is 0 Å². The molecule has 0 heterocycles. The maximum Gasteiger partial charge on any atom is 0.258 e. The Morgan fingerprint density at radius 1 is 1.35 bits per heavy atom. The van der Waals surface area contributed by atoms with Gasteiger partial charge in [-0.3, -0.25) is 4.79 Å². The maximum atomic E-state index is 11.8. The molecule has 1 amide bonds. The summed E-state index contributed by atoms with van der Waals surface area (Å²) < 4.78 is 5.66. The Hall–Kier alpha value is -0.970. The van der Waals surface area contributed by atoms with Crippen LogP contribution >= 0.6 is 24.0 Å². The molecule has 1 unspecified atom stereocenters. The zero-order valence-corrected chi connectivity index (χ0v) is 16.1. The molecule has 1 aromatic rings. The molecule has 0 radical (unpaired) electrons. The van der Waals surface area contributed by atoms with Gasteiger partial charge < -0.3 is 15.4 Å². The Balaban J connectivity index is 0.00000484. The molecule has 0 fully saturated rings. The first-order valence-corrected chi connectivity index (χ1v) is 8.04. The molecule has 0 aliphatic carbocycles. The van der Waals surface area contributed by atoms with E-state index in [4.69, 9.17) is 16.3 Å². The van der Waals surface area contributed by atoms with Crippen LogP contribution < -0.4 is 15.4 Å². The molecule has 23 heavy (non-hydrogen) atoms. The zero-order chi connectivity index (χ0) is 16.8. The van der Waals surface area contributed by atoms with E-state index in [0.29, 0.717) is 23.4 Å². The molecule has 4 nitrogen and oxygen atoms in total. The Bertz CT molecular complexity index is 502. The number of rotatable bonds is 7. The molecule has 0 aliphatic rings. The molecule has 0 aliphatic heterocycles. The quantitative estimate of drug-likeness (QED) is 0.771. The summed E-state index contributed by atoms with van der Waals surface area (Å²) in [5.41, 5.74) is 0.692. The average Bonchev–Trinajstić information content (AvgIpc) is 2.41. The van der Waals surface area contributed by atoms with Gasteiger partial charge in [-0.15, -0.1) is 12.4 Å². The summed E-state index contributed by atoms with van der Waals surface area (Å²) in [7, 11) is 0. The summed E-state index contributed by atoms with van der Waals surface area (Å²) in [6, 6.07) is 5.86. The van der Waals surface area contributed by atoms with Crippen LogP contribution in [0, 0.1) is 0 Å². The van der Waals surface area contributed by atoms with E-state index in [1.807, 2.05) is 26.8 Å². The van der Waals surface area contributed by atoms with Crippen molar-refractivity contribution >= 4 is 29.9 Å². The lowest BCUT2D eigenvalue weighted by atomic mass is 10.1. The van der Waals surface area contributed by atoms with Crippen molar-refractivity contribution in [3.05, 3.63) is 28.8 Å². The first-order valence-electron chi connectivity index (χ1n) is 7.67. The number of halogens is 2. The SMILES string of the molecule is CCC(C)NCc1cc(Cl)ccc1OCC(=O)NC(C)(C)C.Cl. The molecule has 0 spiro atoms. The predicted octanol–water partition coefficient (Wildman–Crippen LogP) is 3.94. The summed E-state index contributed by atoms with van der Waals surface area (Å²) in [6.45, 7) is 10.7. The van der Waals surface area contributed by atoms with Crippen LogP contribution in [0.15, 0.2) is 18.2 Å². The lowest BCUT2D eigenvalue weighted by Gasteiger charge is -2.21. The molecule has 0 bridgehead atoms. The van der Waals surface area contributed by atoms with Gasteiger partial charge in [0.25, 0.3) is 5.91 Å². The molecule has 0 saturated heterocycles. The Morgan fingerprint density at radius 3 is 2.57 bits per heavy atom. The summed E-state index contributed by atoms with van der Waals surface area (Å²) in [5, 5.41) is 6.94. The van der Waals surface area contributed by atoms with Gasteiger partial charge in [-0.05, 0) is 52.3 Å². The monoisotopic (exact) mass is 362 g/mol. The largest absolute Gasteiger partial charge is 0.483 e. The van der Waals surface area contributed by atoms with Crippen LogP contribution in [-0.4, -0.2) is 24.1 Å². The van der Waals surface area contributed by atoms with E-state index >= 15 is 0 Å². The highest BCUT2D eigenvalue weighted by molar-refractivity contribution is 6.30. The van der Waals surface area contributed by atoms with Crippen LogP contribution in [0.2, 0.25) is 5.02 Å². The second-order valence-corrected chi connectivity index (χ2v) is 6.97. The lowest BCUT2D eigenvalue weighted by Crippen LogP contribution is -2.43. The van der Waals surface area contributed by atoms with Crippen LogP contribution in [-0.2, 0) is 11.3 Å². The highest BCUT2D eigenvalue weighted by Gasteiger charge is 2.15. The second kappa shape index (κ2) is 10.0. The number of nitrogens with one attached hydrogen (secondary N) is 2. The standard InChI is InChI=1S/C17H27ClN2O2.ClH/c1-6-12(2)19-10-13-9-14(18)7-8-15(13)22-11-16(21)20-17(3,4)5;/h7-9,12,19H,6,10-11H2,1-5H3,(H,20,21);1H. The molecule has 2 N–H and O–H groups in total. The van der Waals surface area contributed by atoms with Crippen molar-refractivity contribution in [2.45, 2.75) is 59.2 Å². The van der Waals surface area contributed by atoms with Gasteiger partial charge >= 0.3 is 0 Å². The van der Waals surface area contributed by atoms with Crippen LogP contribution in [0.3, 0.4) is 0 Å². The van der Waals surface area contributed by atoms with Gasteiger partial charge in [-0.1, -0.05) is 18.5 Å². The number of hydrogen-bond acceptors (Lipinski definition) is 3. The van der Waals surface area contributed by atoms with Gasteiger partial charge in [-0.25, -0.2) is 0 Å². The highest BCUT2D eigenvalue weighted by atomic mass is 35.5. The first-order chi connectivity index (χ1) is 10.2. The number of amides is 1. The van der Waals surface area contributed by atoms with E-state index in [9.17, 15) is 4.79 Å². The zero-order valence-electron chi connectivity index (χ0n) is 14.5. The van der Waals surface area contributed by atoms with Crippen LogP contribution in [0.1, 0.15) is 46.6 Å². The molecule has 132 valence electrons. The van der Waals surface area contributed by atoms with Crippen molar-refractivity contribution in [1.82, 2.24) is 10.6 Å². The van der Waals surface area contributed by atoms with Gasteiger partial charge in [-0.2, -0.15) is 0 Å². The fraction of sp³-hybridized carbons (Fsp3) is 0.588.